The van der Waals surface area contributed by atoms with E-state index in [-0.39, 0.29) is 22.7 Å². The summed E-state index contributed by atoms with van der Waals surface area (Å²) in [6.45, 7) is 2.07. The van der Waals surface area contributed by atoms with E-state index in [1.807, 2.05) is 30.3 Å². The van der Waals surface area contributed by atoms with Gasteiger partial charge in [-0.1, -0.05) is 54.2 Å². The van der Waals surface area contributed by atoms with Gasteiger partial charge in [0.05, 0.1) is 7.11 Å². The topological polar surface area (TPSA) is 57.2 Å². The van der Waals surface area contributed by atoms with Gasteiger partial charge in [0, 0.05) is 31.1 Å². The molecule has 1 aliphatic heterocycles. The van der Waals surface area contributed by atoms with Gasteiger partial charge in [-0.2, -0.15) is 10.1 Å². The van der Waals surface area contributed by atoms with E-state index in [9.17, 15) is 13.6 Å². The maximum Gasteiger partial charge on any atom is 0.365 e. The van der Waals surface area contributed by atoms with E-state index in [0.29, 0.717) is 6.42 Å². The number of hydrogen-bond acceptors (Lipinski definition) is 5. The number of urea groups is 1. The number of allylic oxidation sites excluding steroid dienone is 1. The molecule has 1 aliphatic carbocycles. The fourth-order valence-corrected chi connectivity index (χ4v) is 5.99. The van der Waals surface area contributed by atoms with Crippen molar-refractivity contribution in [1.29, 1.82) is 0 Å². The Morgan fingerprint density at radius 3 is 2.77 bits per heavy atom. The predicted octanol–water partition coefficient (Wildman–Crippen LogP) is 5.62. The first-order valence-corrected chi connectivity index (χ1v) is 12.5. The molecule has 0 spiro atoms. The van der Waals surface area contributed by atoms with Crippen molar-refractivity contribution >= 4 is 22.8 Å². The summed E-state index contributed by atoms with van der Waals surface area (Å²) in [5.74, 6) is -1.18. The molecule has 0 bridgehead atoms. The summed E-state index contributed by atoms with van der Waals surface area (Å²) in [7, 11) is 2.88. The molecule has 0 radical (unpaired) electrons. The molecular weight excluding hydrogens is 470 g/mol. The third-order valence-electron chi connectivity index (χ3n) is 6.24. The Kier molecular flexibility index (Phi) is 7.88. The van der Waals surface area contributed by atoms with E-state index in [0.717, 1.165) is 48.1 Å². The van der Waals surface area contributed by atoms with Crippen LogP contribution in [0.15, 0.2) is 65.8 Å². The highest BCUT2D eigenvalue weighted by molar-refractivity contribution is 8.15. The molecule has 0 saturated carbocycles. The summed E-state index contributed by atoms with van der Waals surface area (Å²) in [4.78, 5) is 17.6. The minimum absolute atomic E-state index is 0.0153. The average Bonchev–Trinajstić information content (AvgIpc) is 3.25. The van der Waals surface area contributed by atoms with Crippen LogP contribution in [0.2, 0.25) is 0 Å². The van der Waals surface area contributed by atoms with Gasteiger partial charge in [0.1, 0.15) is 21.5 Å². The average molecular weight is 501 g/mol. The molecule has 0 fully saturated rings. The van der Waals surface area contributed by atoms with Gasteiger partial charge < -0.3 is 5.32 Å². The second-order valence-corrected chi connectivity index (χ2v) is 10.1. The third kappa shape index (κ3) is 5.42. The molecule has 1 N–H and O–H groups in total. The molecule has 6 nitrogen and oxygen atoms in total. The van der Waals surface area contributed by atoms with Gasteiger partial charge in [-0.25, -0.2) is 18.6 Å². The Morgan fingerprint density at radius 2 is 2.09 bits per heavy atom. The highest BCUT2D eigenvalue weighted by Crippen LogP contribution is 2.51. The Bertz CT molecular complexity index is 1110. The highest BCUT2D eigenvalue weighted by Gasteiger charge is 2.51. The standard InChI is InChI=1S/C26H30F2N4O2S/c1-18(29-21-12-8-5-9-13-21)17-26(19-10-6-4-7-11-19)32(25(33)31(2)34-3)30-24(35-26)22-16-20(27)14-15-23(22)28/h4,6-8,10-12,14-16,18,21,29H,5,9,13,17H2,1-3H3. The van der Waals surface area contributed by atoms with E-state index in [4.69, 9.17) is 4.84 Å². The largest absolute Gasteiger partial charge is 0.365 e. The van der Waals surface area contributed by atoms with E-state index in [1.165, 1.54) is 30.9 Å². The smallest absolute Gasteiger partial charge is 0.308 e. The molecule has 2 aromatic rings. The van der Waals surface area contributed by atoms with Crippen molar-refractivity contribution in [2.24, 2.45) is 5.10 Å². The Morgan fingerprint density at radius 1 is 1.31 bits per heavy atom. The minimum Gasteiger partial charge on any atom is -0.308 e. The van der Waals surface area contributed by atoms with Crippen LogP contribution in [0.1, 0.15) is 43.7 Å². The molecule has 2 aromatic carbocycles. The van der Waals surface area contributed by atoms with E-state index < -0.39 is 22.5 Å². The summed E-state index contributed by atoms with van der Waals surface area (Å²) in [6, 6.07) is 12.5. The Balaban J connectivity index is 1.77. The lowest BCUT2D eigenvalue weighted by atomic mass is 9.96. The fraction of sp³-hybridized carbons (Fsp3) is 0.385. The monoisotopic (exact) mass is 500 g/mol. The number of halogens is 2. The van der Waals surface area contributed by atoms with Crippen molar-refractivity contribution in [3.8, 4) is 0 Å². The molecule has 35 heavy (non-hydrogen) atoms. The van der Waals surface area contributed by atoms with Crippen molar-refractivity contribution in [2.45, 2.75) is 49.6 Å². The lowest BCUT2D eigenvalue weighted by Gasteiger charge is -2.39. The fourth-order valence-electron chi connectivity index (χ4n) is 4.49. The SMILES string of the molecule is CON(C)C(=O)N1N=C(c2cc(F)ccc2F)SC1(CC(C)NC1C=CCCC1)c1ccccc1. The number of carbonyl (C=O) groups excluding carboxylic acids is 1. The minimum atomic E-state index is -1.01. The quantitative estimate of drug-likeness (QED) is 0.396. The van der Waals surface area contributed by atoms with Crippen LogP contribution in [-0.4, -0.2) is 47.4 Å². The molecule has 3 unspecified atom stereocenters. The van der Waals surface area contributed by atoms with E-state index in [2.05, 4.69) is 29.5 Å². The zero-order chi connectivity index (χ0) is 25.0. The second-order valence-electron chi connectivity index (χ2n) is 8.79. The summed E-state index contributed by atoms with van der Waals surface area (Å²) in [5, 5.41) is 10.8. The van der Waals surface area contributed by atoms with Gasteiger partial charge in [-0.3, -0.25) is 4.84 Å². The number of amides is 2. The number of carbonyl (C=O) groups is 1. The predicted molar refractivity (Wildman–Crippen MR) is 135 cm³/mol. The van der Waals surface area contributed by atoms with Crippen LogP contribution in [0.25, 0.3) is 0 Å². The number of nitrogens with one attached hydrogen (secondary N) is 1. The van der Waals surface area contributed by atoms with Crippen molar-refractivity contribution < 1.29 is 18.4 Å². The third-order valence-corrected chi connectivity index (χ3v) is 7.65. The van der Waals surface area contributed by atoms with Crippen molar-refractivity contribution in [3.63, 3.8) is 0 Å². The van der Waals surface area contributed by atoms with Crippen LogP contribution in [0.3, 0.4) is 0 Å². The molecule has 0 aromatic heterocycles. The Labute approximate surface area is 209 Å². The number of hydrogen-bond donors (Lipinski definition) is 1. The van der Waals surface area contributed by atoms with Gasteiger partial charge in [0.25, 0.3) is 0 Å². The zero-order valence-corrected chi connectivity index (χ0v) is 20.9. The Hall–Kier alpha value is -2.75. The van der Waals surface area contributed by atoms with Crippen LogP contribution in [-0.2, 0) is 9.71 Å². The molecule has 4 rings (SSSR count). The van der Waals surface area contributed by atoms with E-state index in [1.54, 1.807) is 0 Å². The van der Waals surface area contributed by atoms with Crippen LogP contribution in [0, 0.1) is 11.6 Å². The number of benzene rings is 2. The van der Waals surface area contributed by atoms with Crippen molar-refractivity contribution in [3.05, 3.63) is 83.4 Å². The summed E-state index contributed by atoms with van der Waals surface area (Å²) in [5.41, 5.74) is 0.841. The molecular formula is C26H30F2N4O2S. The number of hydrazone groups is 1. The van der Waals surface area contributed by atoms with Crippen LogP contribution in [0.5, 0.6) is 0 Å². The highest BCUT2D eigenvalue weighted by atomic mass is 32.2. The molecule has 9 heteroatoms. The zero-order valence-electron chi connectivity index (χ0n) is 20.1. The van der Waals surface area contributed by atoms with Gasteiger partial charge in [0.2, 0.25) is 0 Å². The van der Waals surface area contributed by atoms with Gasteiger partial charge in [0.15, 0.2) is 0 Å². The lowest BCUT2D eigenvalue weighted by Crippen LogP contribution is -2.50. The summed E-state index contributed by atoms with van der Waals surface area (Å²) >= 11 is 1.25. The molecule has 3 atom stereocenters. The first-order valence-electron chi connectivity index (χ1n) is 11.7. The lowest BCUT2D eigenvalue weighted by molar-refractivity contribution is -0.0807. The summed E-state index contributed by atoms with van der Waals surface area (Å²) < 4.78 is 28.9. The van der Waals surface area contributed by atoms with Gasteiger partial charge in [-0.05, 0) is 49.9 Å². The first kappa shape index (κ1) is 25.3. The molecule has 1 heterocycles. The van der Waals surface area contributed by atoms with Crippen molar-refractivity contribution in [1.82, 2.24) is 15.4 Å². The van der Waals surface area contributed by atoms with Crippen LogP contribution >= 0.6 is 11.8 Å². The number of hydroxylamine groups is 2. The number of nitrogens with zero attached hydrogens (tertiary/aromatic N) is 3. The molecule has 2 amide bonds. The maximum absolute atomic E-state index is 14.8. The second kappa shape index (κ2) is 10.9. The van der Waals surface area contributed by atoms with E-state index >= 15 is 0 Å². The summed E-state index contributed by atoms with van der Waals surface area (Å²) in [6.07, 6.45) is 8.08. The maximum atomic E-state index is 14.8. The molecule has 0 saturated heterocycles. The molecule has 2 aliphatic rings. The van der Waals surface area contributed by atoms with Crippen LogP contribution < -0.4 is 5.32 Å². The van der Waals surface area contributed by atoms with Gasteiger partial charge >= 0.3 is 6.03 Å². The van der Waals surface area contributed by atoms with Crippen molar-refractivity contribution in [2.75, 3.05) is 14.2 Å². The first-order chi connectivity index (χ1) is 16.8. The number of thioether (sulfide) groups is 1. The van der Waals surface area contributed by atoms with Gasteiger partial charge in [-0.15, -0.1) is 0 Å². The molecule has 186 valence electrons. The van der Waals surface area contributed by atoms with Crippen LogP contribution in [0.4, 0.5) is 13.6 Å². The normalized spacial score (nSPS) is 22.7. The number of rotatable bonds is 7.